The van der Waals surface area contributed by atoms with Crippen molar-refractivity contribution in [2.75, 3.05) is 5.75 Å². The van der Waals surface area contributed by atoms with Crippen molar-refractivity contribution in [3.05, 3.63) is 32.2 Å². The van der Waals surface area contributed by atoms with Gasteiger partial charge in [-0.15, -0.1) is 0 Å². The maximum absolute atomic E-state index is 12.2. The van der Waals surface area contributed by atoms with Crippen LogP contribution in [-0.2, 0) is 9.84 Å². The number of hydrogen-bond donors (Lipinski definition) is 0. The van der Waals surface area contributed by atoms with Crippen LogP contribution in [0.1, 0.15) is 35.2 Å². The summed E-state index contributed by atoms with van der Waals surface area (Å²) in [5.41, 5.74) is 2.12. The van der Waals surface area contributed by atoms with Crippen LogP contribution in [0.4, 0.5) is 0 Å². The van der Waals surface area contributed by atoms with E-state index in [9.17, 15) is 8.42 Å². The molecule has 0 bridgehead atoms. The zero-order valence-electron chi connectivity index (χ0n) is 10.5. The molecule has 1 aliphatic heterocycles. The van der Waals surface area contributed by atoms with Gasteiger partial charge in [-0.05, 0) is 43.0 Å². The zero-order valence-corrected chi connectivity index (χ0v) is 16.1. The van der Waals surface area contributed by atoms with Crippen molar-refractivity contribution < 1.29 is 8.42 Å². The lowest BCUT2D eigenvalue weighted by Crippen LogP contribution is -2.31. The third-order valence-electron chi connectivity index (χ3n) is 3.53. The molecule has 0 aromatic heterocycles. The number of alkyl halides is 1. The van der Waals surface area contributed by atoms with E-state index in [1.807, 2.05) is 19.1 Å². The molecule has 2 atom stereocenters. The van der Waals surface area contributed by atoms with Crippen molar-refractivity contribution in [2.24, 2.45) is 0 Å². The highest BCUT2D eigenvalue weighted by molar-refractivity contribution is 9.11. The second kappa shape index (κ2) is 6.16. The van der Waals surface area contributed by atoms with Crippen LogP contribution >= 0.6 is 47.8 Å². The molecule has 0 amide bonds. The van der Waals surface area contributed by atoms with Gasteiger partial charge < -0.3 is 0 Å². The van der Waals surface area contributed by atoms with Gasteiger partial charge in [0.15, 0.2) is 9.84 Å². The molecule has 19 heavy (non-hydrogen) atoms. The van der Waals surface area contributed by atoms with E-state index >= 15 is 0 Å². The lowest BCUT2D eigenvalue weighted by molar-refractivity contribution is 0.536. The topological polar surface area (TPSA) is 34.1 Å². The molecule has 106 valence electrons. The van der Waals surface area contributed by atoms with E-state index in [1.54, 1.807) is 0 Å². The fourth-order valence-electron chi connectivity index (χ4n) is 2.38. The van der Waals surface area contributed by atoms with E-state index in [0.717, 1.165) is 39.3 Å². The Morgan fingerprint density at radius 1 is 1.21 bits per heavy atom. The molecule has 1 aromatic rings. The average molecular weight is 475 g/mol. The molecule has 1 heterocycles. The van der Waals surface area contributed by atoms with Crippen LogP contribution in [0.3, 0.4) is 0 Å². The minimum Gasteiger partial charge on any atom is -0.228 e. The second-order valence-electron chi connectivity index (χ2n) is 4.93. The fraction of sp³-hybridized carbons (Fsp3) is 0.538. The highest BCUT2D eigenvalue weighted by Crippen LogP contribution is 2.41. The first-order valence-corrected chi connectivity index (χ1v) is 10.4. The summed E-state index contributed by atoms with van der Waals surface area (Å²) in [7, 11) is -2.99. The monoisotopic (exact) mass is 472 g/mol. The van der Waals surface area contributed by atoms with E-state index in [0.29, 0.717) is 5.75 Å². The van der Waals surface area contributed by atoms with Gasteiger partial charge in [0, 0.05) is 8.95 Å². The quantitative estimate of drug-likeness (QED) is 0.570. The molecule has 2 unspecified atom stereocenters. The summed E-state index contributed by atoms with van der Waals surface area (Å²) in [6, 6.07) is 4.02. The molecule has 2 nitrogen and oxygen atoms in total. The van der Waals surface area contributed by atoms with Gasteiger partial charge in [-0.3, -0.25) is 0 Å². The molecule has 2 rings (SSSR count). The average Bonchev–Trinajstić information content (AvgIpc) is 2.32. The standard InChI is InChI=1S/C13H15Br3O2S/c1-8-6-11(15)9(7-10(8)14)13(16)12-4-2-3-5-19(12,17)18/h6-7,12-13H,2-5H2,1H3. The summed E-state index contributed by atoms with van der Waals surface area (Å²) in [4.78, 5) is -0.163. The minimum atomic E-state index is -2.99. The number of halogens is 3. The molecule has 0 radical (unpaired) electrons. The number of benzene rings is 1. The fourth-order valence-corrected chi connectivity index (χ4v) is 7.33. The molecular formula is C13H15Br3O2S. The van der Waals surface area contributed by atoms with Crippen LogP contribution in [0, 0.1) is 6.92 Å². The minimum absolute atomic E-state index is 0.163. The number of rotatable bonds is 2. The van der Waals surface area contributed by atoms with Crippen LogP contribution in [0.5, 0.6) is 0 Å². The van der Waals surface area contributed by atoms with Gasteiger partial charge in [-0.2, -0.15) is 0 Å². The molecule has 6 heteroatoms. The smallest absolute Gasteiger partial charge is 0.154 e. The lowest BCUT2D eigenvalue weighted by atomic mass is 10.0. The van der Waals surface area contributed by atoms with Crippen molar-refractivity contribution in [2.45, 2.75) is 36.3 Å². The Hall–Kier alpha value is 0.610. The van der Waals surface area contributed by atoms with Crippen molar-refractivity contribution in [1.82, 2.24) is 0 Å². The van der Waals surface area contributed by atoms with E-state index < -0.39 is 9.84 Å². The Morgan fingerprint density at radius 2 is 1.89 bits per heavy atom. The van der Waals surface area contributed by atoms with Gasteiger partial charge in [-0.25, -0.2) is 8.42 Å². The van der Waals surface area contributed by atoms with Crippen LogP contribution in [-0.4, -0.2) is 19.4 Å². The van der Waals surface area contributed by atoms with Crippen molar-refractivity contribution in [1.29, 1.82) is 0 Å². The summed E-state index contributed by atoms with van der Waals surface area (Å²) in [6.45, 7) is 2.01. The molecule has 0 aliphatic carbocycles. The normalized spacial score (nSPS) is 24.1. The van der Waals surface area contributed by atoms with Crippen molar-refractivity contribution in [3.8, 4) is 0 Å². The van der Waals surface area contributed by atoms with Gasteiger partial charge in [0.25, 0.3) is 0 Å². The predicted octanol–water partition coefficient (Wildman–Crippen LogP) is 4.92. The SMILES string of the molecule is Cc1cc(Br)c(C(Br)C2CCCCS2(=O)=O)cc1Br. The first-order chi connectivity index (χ1) is 8.83. The van der Waals surface area contributed by atoms with E-state index in [2.05, 4.69) is 47.8 Å². The Morgan fingerprint density at radius 3 is 2.53 bits per heavy atom. The molecule has 0 spiro atoms. The van der Waals surface area contributed by atoms with E-state index in [4.69, 9.17) is 0 Å². The summed E-state index contributed by atoms with van der Waals surface area (Å²) >= 11 is 10.7. The first kappa shape index (κ1) is 16.0. The summed E-state index contributed by atoms with van der Waals surface area (Å²) < 4.78 is 26.4. The molecular weight excluding hydrogens is 460 g/mol. The summed E-state index contributed by atoms with van der Waals surface area (Å²) in [5, 5.41) is -0.327. The molecule has 1 aliphatic rings. The van der Waals surface area contributed by atoms with Crippen LogP contribution in [0.2, 0.25) is 0 Å². The first-order valence-electron chi connectivity index (χ1n) is 6.14. The van der Waals surface area contributed by atoms with Crippen LogP contribution in [0.15, 0.2) is 21.1 Å². The predicted molar refractivity (Wildman–Crippen MR) is 89.7 cm³/mol. The van der Waals surface area contributed by atoms with Gasteiger partial charge in [-0.1, -0.05) is 54.2 Å². The van der Waals surface area contributed by atoms with Crippen LogP contribution < -0.4 is 0 Å². The summed E-state index contributed by atoms with van der Waals surface area (Å²) in [5.74, 6) is 0.310. The Kier molecular flexibility index (Phi) is 5.18. The van der Waals surface area contributed by atoms with Gasteiger partial charge in [0.1, 0.15) is 0 Å². The largest absolute Gasteiger partial charge is 0.228 e. The van der Waals surface area contributed by atoms with Crippen molar-refractivity contribution in [3.63, 3.8) is 0 Å². The third-order valence-corrected chi connectivity index (χ3v) is 8.84. The number of hydrogen-bond acceptors (Lipinski definition) is 2. The van der Waals surface area contributed by atoms with Gasteiger partial charge in [0.2, 0.25) is 0 Å². The molecule has 1 saturated heterocycles. The Bertz CT molecular complexity index is 584. The van der Waals surface area contributed by atoms with E-state index in [-0.39, 0.29) is 10.1 Å². The molecule has 1 fully saturated rings. The van der Waals surface area contributed by atoms with Gasteiger partial charge >= 0.3 is 0 Å². The number of aryl methyl sites for hydroxylation is 1. The lowest BCUT2D eigenvalue weighted by Gasteiger charge is -2.27. The highest BCUT2D eigenvalue weighted by atomic mass is 79.9. The van der Waals surface area contributed by atoms with Gasteiger partial charge in [0.05, 0.1) is 15.8 Å². The number of sulfone groups is 1. The molecule has 0 saturated carbocycles. The second-order valence-corrected chi connectivity index (χ2v) is 9.96. The highest BCUT2D eigenvalue weighted by Gasteiger charge is 2.35. The molecule has 1 aromatic carbocycles. The Labute approximate surface area is 139 Å². The maximum atomic E-state index is 12.2. The van der Waals surface area contributed by atoms with Crippen molar-refractivity contribution >= 4 is 57.6 Å². The van der Waals surface area contributed by atoms with Crippen LogP contribution in [0.25, 0.3) is 0 Å². The third kappa shape index (κ3) is 3.44. The molecule has 0 N–H and O–H groups in total. The van der Waals surface area contributed by atoms with E-state index in [1.165, 1.54) is 0 Å². The zero-order chi connectivity index (χ0) is 14.2. The summed E-state index contributed by atoms with van der Waals surface area (Å²) in [6.07, 6.45) is 2.50. The Balaban J connectivity index is 2.39. The maximum Gasteiger partial charge on any atom is 0.154 e.